The van der Waals surface area contributed by atoms with E-state index in [4.69, 9.17) is 4.74 Å². The van der Waals surface area contributed by atoms with E-state index in [0.29, 0.717) is 18.1 Å². The first-order valence-corrected chi connectivity index (χ1v) is 6.54. The highest BCUT2D eigenvalue weighted by molar-refractivity contribution is 5.89. The van der Waals surface area contributed by atoms with Crippen molar-refractivity contribution >= 4 is 5.97 Å². The summed E-state index contributed by atoms with van der Waals surface area (Å²) in [5.74, 6) is 0.163. The van der Waals surface area contributed by atoms with Gasteiger partial charge in [-0.1, -0.05) is 30.3 Å². The Hall–Kier alpha value is -2.27. The molecule has 2 aromatic rings. The van der Waals surface area contributed by atoms with Gasteiger partial charge in [0.15, 0.2) is 11.5 Å². The molecule has 1 aromatic heterocycles. The summed E-state index contributed by atoms with van der Waals surface area (Å²) in [5, 5.41) is 3.23. The molecule has 0 amide bonds. The zero-order valence-corrected chi connectivity index (χ0v) is 11.2. The topological polar surface area (TPSA) is 64.1 Å². The Morgan fingerprint density at radius 2 is 2.05 bits per heavy atom. The molecule has 0 aliphatic carbocycles. The number of fused-ring (bicyclic) bond motifs is 1. The molecule has 20 heavy (non-hydrogen) atoms. The van der Waals surface area contributed by atoms with Gasteiger partial charge in [0, 0.05) is 30.6 Å². The number of benzene rings is 1. The van der Waals surface area contributed by atoms with E-state index in [2.05, 4.69) is 15.3 Å². The van der Waals surface area contributed by atoms with Crippen molar-refractivity contribution in [3.8, 4) is 11.4 Å². The van der Waals surface area contributed by atoms with Gasteiger partial charge in [-0.25, -0.2) is 14.8 Å². The fraction of sp³-hybridized carbons (Fsp3) is 0.267. The normalized spacial score (nSPS) is 13.7. The lowest BCUT2D eigenvalue weighted by atomic mass is 10.0. The van der Waals surface area contributed by atoms with E-state index >= 15 is 0 Å². The minimum absolute atomic E-state index is 0.364. The van der Waals surface area contributed by atoms with Crippen molar-refractivity contribution in [1.82, 2.24) is 15.3 Å². The summed E-state index contributed by atoms with van der Waals surface area (Å²) >= 11 is 0. The molecule has 0 radical (unpaired) electrons. The van der Waals surface area contributed by atoms with Gasteiger partial charge in [-0.3, -0.25) is 0 Å². The van der Waals surface area contributed by atoms with Crippen LogP contribution in [-0.4, -0.2) is 29.6 Å². The van der Waals surface area contributed by atoms with Crippen LogP contribution in [0.2, 0.25) is 0 Å². The number of nitrogens with one attached hydrogen (secondary N) is 1. The zero-order valence-electron chi connectivity index (χ0n) is 11.2. The van der Waals surface area contributed by atoms with Gasteiger partial charge in [-0.05, 0) is 0 Å². The van der Waals surface area contributed by atoms with Gasteiger partial charge >= 0.3 is 5.97 Å². The molecule has 0 atom stereocenters. The fourth-order valence-electron chi connectivity index (χ4n) is 2.32. The lowest BCUT2D eigenvalue weighted by Gasteiger charge is -2.19. The summed E-state index contributed by atoms with van der Waals surface area (Å²) in [6.07, 6.45) is 0.793. The van der Waals surface area contributed by atoms with Crippen molar-refractivity contribution in [2.45, 2.75) is 13.0 Å². The second-order valence-corrected chi connectivity index (χ2v) is 4.61. The molecular weight excluding hydrogens is 254 g/mol. The second-order valence-electron chi connectivity index (χ2n) is 4.61. The van der Waals surface area contributed by atoms with Gasteiger partial charge < -0.3 is 10.1 Å². The van der Waals surface area contributed by atoms with Crippen molar-refractivity contribution in [3.63, 3.8) is 0 Å². The predicted molar refractivity (Wildman–Crippen MR) is 74.2 cm³/mol. The van der Waals surface area contributed by atoms with E-state index in [9.17, 15) is 4.79 Å². The molecule has 1 N–H and O–H groups in total. The Labute approximate surface area is 117 Å². The summed E-state index contributed by atoms with van der Waals surface area (Å²) < 4.78 is 4.84. The first-order valence-electron chi connectivity index (χ1n) is 6.54. The molecule has 1 aromatic carbocycles. The Bertz CT molecular complexity index is 641. The number of esters is 1. The Morgan fingerprint density at radius 1 is 1.25 bits per heavy atom. The lowest BCUT2D eigenvalue weighted by molar-refractivity contribution is 0.0592. The van der Waals surface area contributed by atoms with Crippen molar-refractivity contribution < 1.29 is 9.53 Å². The van der Waals surface area contributed by atoms with Crippen LogP contribution in [-0.2, 0) is 17.7 Å². The number of carbonyl (C=O) groups excluding carboxylic acids is 1. The van der Waals surface area contributed by atoms with Crippen molar-refractivity contribution in [2.24, 2.45) is 0 Å². The number of aromatic nitrogens is 2. The minimum Gasteiger partial charge on any atom is -0.464 e. The van der Waals surface area contributed by atoms with Crippen LogP contribution in [0.25, 0.3) is 11.4 Å². The number of methoxy groups -OCH3 is 1. The number of rotatable bonds is 2. The molecule has 2 heterocycles. The molecule has 1 aliphatic heterocycles. The third-order valence-electron chi connectivity index (χ3n) is 3.34. The van der Waals surface area contributed by atoms with Crippen LogP contribution in [0.3, 0.4) is 0 Å². The molecule has 0 saturated carbocycles. The molecule has 0 unspecified atom stereocenters. The van der Waals surface area contributed by atoms with Gasteiger partial charge in [0.1, 0.15) is 0 Å². The zero-order chi connectivity index (χ0) is 13.9. The molecule has 5 heteroatoms. The van der Waals surface area contributed by atoms with Crippen molar-refractivity contribution in [1.29, 1.82) is 0 Å². The molecule has 0 saturated heterocycles. The van der Waals surface area contributed by atoms with Gasteiger partial charge in [0.25, 0.3) is 0 Å². The highest BCUT2D eigenvalue weighted by Gasteiger charge is 2.22. The molecule has 0 bridgehead atoms. The van der Waals surface area contributed by atoms with Crippen LogP contribution in [0.4, 0.5) is 0 Å². The van der Waals surface area contributed by atoms with Gasteiger partial charge in [-0.2, -0.15) is 0 Å². The highest BCUT2D eigenvalue weighted by Crippen LogP contribution is 2.21. The Balaban J connectivity index is 2.15. The number of hydrogen-bond donors (Lipinski definition) is 1. The molecule has 3 rings (SSSR count). The van der Waals surface area contributed by atoms with Crippen LogP contribution in [0.1, 0.15) is 21.7 Å². The monoisotopic (exact) mass is 269 g/mol. The van der Waals surface area contributed by atoms with Gasteiger partial charge in [0.05, 0.1) is 12.8 Å². The van der Waals surface area contributed by atoms with E-state index in [-0.39, 0.29) is 0 Å². The maximum Gasteiger partial charge on any atom is 0.357 e. The average Bonchev–Trinajstić information content (AvgIpc) is 2.54. The quantitative estimate of drug-likeness (QED) is 0.838. The smallest absolute Gasteiger partial charge is 0.357 e. The number of ether oxygens (including phenoxy) is 1. The summed E-state index contributed by atoms with van der Waals surface area (Å²) in [6, 6.07) is 9.66. The second kappa shape index (κ2) is 5.38. The largest absolute Gasteiger partial charge is 0.464 e. The highest BCUT2D eigenvalue weighted by atomic mass is 16.5. The summed E-state index contributed by atoms with van der Waals surface area (Å²) in [6.45, 7) is 1.47. The maximum atomic E-state index is 11.9. The SMILES string of the molecule is COC(=O)c1nc(-c2ccccc2)nc2c1CNCC2. The van der Waals surface area contributed by atoms with Crippen LogP contribution >= 0.6 is 0 Å². The predicted octanol–water partition coefficient (Wildman–Crippen LogP) is 1.58. The van der Waals surface area contributed by atoms with Crippen LogP contribution in [0, 0.1) is 0 Å². The third kappa shape index (κ3) is 2.28. The lowest BCUT2D eigenvalue weighted by Crippen LogP contribution is -2.28. The Morgan fingerprint density at radius 3 is 2.80 bits per heavy atom. The van der Waals surface area contributed by atoms with E-state index in [1.807, 2.05) is 30.3 Å². The maximum absolute atomic E-state index is 11.9. The average molecular weight is 269 g/mol. The number of nitrogens with zero attached hydrogens (tertiary/aromatic N) is 2. The van der Waals surface area contributed by atoms with E-state index < -0.39 is 5.97 Å². The van der Waals surface area contributed by atoms with Crippen LogP contribution in [0.15, 0.2) is 30.3 Å². The Kier molecular flexibility index (Phi) is 3.43. The summed E-state index contributed by atoms with van der Waals surface area (Å²) in [5.41, 5.74) is 3.04. The number of hydrogen-bond acceptors (Lipinski definition) is 5. The standard InChI is InChI=1S/C15H15N3O2/c1-20-15(19)13-11-9-16-8-7-12(11)17-14(18-13)10-5-3-2-4-6-10/h2-6,16H,7-9H2,1H3. The molecular formula is C15H15N3O2. The number of carbonyl (C=O) groups is 1. The molecule has 102 valence electrons. The third-order valence-corrected chi connectivity index (χ3v) is 3.34. The molecule has 0 fully saturated rings. The summed E-state index contributed by atoms with van der Waals surface area (Å²) in [4.78, 5) is 20.9. The minimum atomic E-state index is -0.412. The van der Waals surface area contributed by atoms with Crippen molar-refractivity contribution in [2.75, 3.05) is 13.7 Å². The van der Waals surface area contributed by atoms with Crippen molar-refractivity contribution in [3.05, 3.63) is 47.3 Å². The van der Waals surface area contributed by atoms with Gasteiger partial charge in [-0.15, -0.1) is 0 Å². The molecule has 5 nitrogen and oxygen atoms in total. The summed E-state index contributed by atoms with van der Waals surface area (Å²) in [7, 11) is 1.37. The van der Waals surface area contributed by atoms with E-state index in [1.54, 1.807) is 0 Å². The first kappa shape index (κ1) is 12.7. The van der Waals surface area contributed by atoms with Crippen LogP contribution in [0.5, 0.6) is 0 Å². The fourth-order valence-corrected chi connectivity index (χ4v) is 2.32. The van der Waals surface area contributed by atoms with E-state index in [1.165, 1.54) is 7.11 Å². The molecule has 0 spiro atoms. The molecule has 1 aliphatic rings. The first-order chi connectivity index (χ1) is 9.79. The van der Waals surface area contributed by atoms with E-state index in [0.717, 1.165) is 29.8 Å². The van der Waals surface area contributed by atoms with Gasteiger partial charge in [0.2, 0.25) is 0 Å². The van der Waals surface area contributed by atoms with Crippen LogP contribution < -0.4 is 5.32 Å².